The molecule has 0 saturated heterocycles. The molecule has 4 nitrogen and oxygen atoms in total. The first-order valence-electron chi connectivity index (χ1n) is 11.6. The number of hydrogen-bond acceptors (Lipinski definition) is 5. The lowest BCUT2D eigenvalue weighted by Crippen LogP contribution is -2.22. The summed E-state index contributed by atoms with van der Waals surface area (Å²) in [4.78, 5) is 8.78. The van der Waals surface area contributed by atoms with Crippen LogP contribution in [0, 0.1) is 0 Å². The predicted octanol–water partition coefficient (Wildman–Crippen LogP) is 7.30. The van der Waals surface area contributed by atoms with Crippen LogP contribution in [0.1, 0.15) is 62.2 Å². The molecule has 0 N–H and O–H groups in total. The number of anilines is 1. The van der Waals surface area contributed by atoms with E-state index in [-0.39, 0.29) is 0 Å². The van der Waals surface area contributed by atoms with E-state index in [1.165, 1.54) is 28.1 Å². The predicted molar refractivity (Wildman–Crippen MR) is 137 cm³/mol. The summed E-state index contributed by atoms with van der Waals surface area (Å²) in [6.45, 7) is 10.2. The van der Waals surface area contributed by atoms with Gasteiger partial charge in [0, 0.05) is 18.0 Å². The highest BCUT2D eigenvalue weighted by atomic mass is 32.1. The molecule has 0 atom stereocenters. The molecule has 174 valence electrons. The number of rotatable bonds is 10. The van der Waals surface area contributed by atoms with Gasteiger partial charge in [0.25, 0.3) is 0 Å². The van der Waals surface area contributed by atoms with Crippen molar-refractivity contribution in [3.8, 4) is 11.5 Å². The van der Waals surface area contributed by atoms with Gasteiger partial charge in [0.15, 0.2) is 5.13 Å². The Bertz CT molecular complexity index is 889. The third-order valence-electron chi connectivity index (χ3n) is 4.86. The summed E-state index contributed by atoms with van der Waals surface area (Å²) in [5.41, 5.74) is 3.66. The Morgan fingerprint density at radius 1 is 0.844 bits per heavy atom. The van der Waals surface area contributed by atoms with Crippen molar-refractivity contribution in [1.29, 1.82) is 0 Å². The highest BCUT2D eigenvalue weighted by molar-refractivity contribution is 7.15. The molecule has 1 heterocycles. The van der Waals surface area contributed by atoms with Crippen LogP contribution in [-0.4, -0.2) is 19.2 Å². The lowest BCUT2D eigenvalue weighted by Gasteiger charge is -2.23. The van der Waals surface area contributed by atoms with Crippen molar-refractivity contribution in [1.82, 2.24) is 4.98 Å². The maximum atomic E-state index is 5.42. The first-order chi connectivity index (χ1) is 15.6. The van der Waals surface area contributed by atoms with E-state index in [0.717, 1.165) is 49.0 Å². The van der Waals surface area contributed by atoms with Crippen molar-refractivity contribution in [2.45, 2.75) is 66.5 Å². The van der Waals surface area contributed by atoms with Crippen LogP contribution < -0.4 is 14.4 Å². The van der Waals surface area contributed by atoms with Crippen LogP contribution in [0.15, 0.2) is 48.5 Å². The Morgan fingerprint density at radius 2 is 1.38 bits per heavy atom. The molecule has 1 aromatic heterocycles. The maximum Gasteiger partial charge on any atom is 0.186 e. The molecule has 5 heteroatoms. The second-order valence-corrected chi connectivity index (χ2v) is 8.80. The summed E-state index contributed by atoms with van der Waals surface area (Å²) in [5, 5.41) is 1.08. The summed E-state index contributed by atoms with van der Waals surface area (Å²) in [5.74, 6) is 1.76. The summed E-state index contributed by atoms with van der Waals surface area (Å²) in [6.07, 6.45) is 4.42. The molecular formula is C27H38N2O2S. The van der Waals surface area contributed by atoms with Crippen LogP contribution in [0.25, 0.3) is 0 Å². The maximum absolute atomic E-state index is 5.42. The lowest BCUT2D eigenvalue weighted by molar-refractivity contribution is 0.414. The quantitative estimate of drug-likeness (QED) is 0.322. The van der Waals surface area contributed by atoms with Crippen LogP contribution >= 0.6 is 11.3 Å². The summed E-state index contributed by atoms with van der Waals surface area (Å²) in [6, 6.07) is 16.5. The largest absolute Gasteiger partial charge is 0.497 e. The van der Waals surface area contributed by atoms with Gasteiger partial charge >= 0.3 is 0 Å². The highest BCUT2D eigenvalue weighted by Gasteiger charge is 2.17. The molecule has 0 aliphatic rings. The van der Waals surface area contributed by atoms with Gasteiger partial charge in [-0.25, -0.2) is 4.98 Å². The van der Waals surface area contributed by atoms with Crippen molar-refractivity contribution < 1.29 is 9.47 Å². The third kappa shape index (κ3) is 7.56. The number of aryl methyl sites for hydroxylation is 2. The Labute approximate surface area is 198 Å². The van der Waals surface area contributed by atoms with Gasteiger partial charge in [-0.15, -0.1) is 11.3 Å². The van der Waals surface area contributed by atoms with E-state index in [2.05, 4.69) is 56.9 Å². The number of hydrogen-bond donors (Lipinski definition) is 0. The minimum absolute atomic E-state index is 0.774. The van der Waals surface area contributed by atoms with Gasteiger partial charge in [-0.1, -0.05) is 64.8 Å². The molecular weight excluding hydrogens is 416 g/mol. The molecule has 0 aliphatic carbocycles. The normalized spacial score (nSPS) is 10.3. The monoisotopic (exact) mass is 454 g/mol. The number of methoxy groups -OCH3 is 2. The number of thiazole rings is 1. The van der Waals surface area contributed by atoms with Crippen molar-refractivity contribution in [3.63, 3.8) is 0 Å². The highest BCUT2D eigenvalue weighted by Crippen LogP contribution is 2.31. The standard InChI is InChI=1S/C24H30N2O2S.C3H8/c1-5-9-22-23(6-2)29-24(25-22)26(16-18-10-7-12-20(14-18)27-3)17-19-11-8-13-21(15-19)28-4;1-3-2/h7-8,10-15H,5-6,9,16-17H2,1-4H3;3H2,1-2H3. The Balaban J connectivity index is 0.00000114. The van der Waals surface area contributed by atoms with E-state index in [1.807, 2.05) is 35.6 Å². The molecule has 0 fully saturated rings. The number of aromatic nitrogens is 1. The smallest absolute Gasteiger partial charge is 0.186 e. The van der Waals surface area contributed by atoms with Crippen molar-refractivity contribution in [2.24, 2.45) is 0 Å². The molecule has 0 spiro atoms. The summed E-state index contributed by atoms with van der Waals surface area (Å²) >= 11 is 1.82. The SMILES string of the molecule is CCC.CCCc1nc(N(Cc2cccc(OC)c2)Cc2cccc(OC)c2)sc1CC. The molecule has 0 aliphatic heterocycles. The van der Waals surface area contributed by atoms with Crippen molar-refractivity contribution in [3.05, 3.63) is 70.2 Å². The molecule has 3 aromatic rings. The van der Waals surface area contributed by atoms with Crippen LogP contribution in [-0.2, 0) is 25.9 Å². The molecule has 32 heavy (non-hydrogen) atoms. The van der Waals surface area contributed by atoms with E-state index in [9.17, 15) is 0 Å². The number of benzene rings is 2. The second-order valence-electron chi connectivity index (χ2n) is 7.74. The Morgan fingerprint density at radius 3 is 1.81 bits per heavy atom. The average molecular weight is 455 g/mol. The van der Waals surface area contributed by atoms with Gasteiger partial charge in [0.1, 0.15) is 11.5 Å². The van der Waals surface area contributed by atoms with Gasteiger partial charge in [-0.05, 0) is 48.2 Å². The zero-order chi connectivity index (χ0) is 23.3. The fraction of sp³-hybridized carbons (Fsp3) is 0.444. The molecule has 0 bridgehead atoms. The topological polar surface area (TPSA) is 34.6 Å². The molecule has 0 amide bonds. The van der Waals surface area contributed by atoms with E-state index in [1.54, 1.807) is 14.2 Å². The van der Waals surface area contributed by atoms with E-state index in [0.29, 0.717) is 0 Å². The Hall–Kier alpha value is -2.53. The third-order valence-corrected chi connectivity index (χ3v) is 6.16. The molecule has 0 unspecified atom stereocenters. The first-order valence-corrected chi connectivity index (χ1v) is 12.4. The average Bonchev–Trinajstić information content (AvgIpc) is 3.22. The van der Waals surface area contributed by atoms with Crippen LogP contribution in [0.2, 0.25) is 0 Å². The van der Waals surface area contributed by atoms with Gasteiger partial charge < -0.3 is 14.4 Å². The van der Waals surface area contributed by atoms with E-state index < -0.39 is 0 Å². The minimum Gasteiger partial charge on any atom is -0.497 e. The van der Waals surface area contributed by atoms with Gasteiger partial charge in [0.2, 0.25) is 0 Å². The zero-order valence-electron chi connectivity index (χ0n) is 20.5. The van der Waals surface area contributed by atoms with Gasteiger partial charge in [0.05, 0.1) is 19.9 Å². The van der Waals surface area contributed by atoms with E-state index in [4.69, 9.17) is 14.5 Å². The fourth-order valence-corrected chi connectivity index (χ4v) is 4.43. The summed E-state index contributed by atoms with van der Waals surface area (Å²) in [7, 11) is 3.41. The van der Waals surface area contributed by atoms with Gasteiger partial charge in [-0.3, -0.25) is 0 Å². The van der Waals surface area contributed by atoms with Crippen molar-refractivity contribution >= 4 is 16.5 Å². The molecule has 0 radical (unpaired) electrons. The van der Waals surface area contributed by atoms with Crippen molar-refractivity contribution in [2.75, 3.05) is 19.1 Å². The fourth-order valence-electron chi connectivity index (χ4n) is 3.39. The summed E-state index contributed by atoms with van der Waals surface area (Å²) < 4.78 is 10.8. The minimum atomic E-state index is 0.774. The Kier molecular flexibility index (Phi) is 11.1. The lowest BCUT2D eigenvalue weighted by atomic mass is 10.1. The number of nitrogens with zero attached hydrogens (tertiary/aromatic N) is 2. The second kappa shape index (κ2) is 13.8. The number of ether oxygens (including phenoxy) is 2. The van der Waals surface area contributed by atoms with Crippen LogP contribution in [0.3, 0.4) is 0 Å². The molecule has 0 saturated carbocycles. The zero-order valence-corrected chi connectivity index (χ0v) is 21.3. The van der Waals surface area contributed by atoms with Gasteiger partial charge in [-0.2, -0.15) is 0 Å². The van der Waals surface area contributed by atoms with Crippen LogP contribution in [0.4, 0.5) is 5.13 Å². The molecule has 2 aromatic carbocycles. The van der Waals surface area contributed by atoms with Crippen LogP contribution in [0.5, 0.6) is 11.5 Å². The van der Waals surface area contributed by atoms with E-state index >= 15 is 0 Å². The molecule has 3 rings (SSSR count). The first kappa shape index (κ1) is 25.7.